The monoisotopic (exact) mass is 824 g/mol. The molecule has 6 nitrogen and oxygen atoms in total. The second kappa shape index (κ2) is 16.2. The molecule has 0 N–H and O–H groups in total. The van der Waals surface area contributed by atoms with Crippen LogP contribution in [0.3, 0.4) is 0 Å². The van der Waals surface area contributed by atoms with Crippen LogP contribution in [0.15, 0.2) is 175 Å². The van der Waals surface area contributed by atoms with Crippen molar-refractivity contribution >= 4 is 67.2 Å². The van der Waals surface area contributed by atoms with Gasteiger partial charge < -0.3 is 0 Å². The fraction of sp³-hybridized carbons (Fsp3) is 0.296. The quantitative estimate of drug-likeness (QED) is 0.160. The lowest BCUT2D eigenvalue weighted by molar-refractivity contribution is -0.114. The molecule has 0 aliphatic heterocycles. The lowest BCUT2D eigenvalue weighted by Crippen LogP contribution is -2.28. The molecule has 0 bridgehead atoms. The van der Waals surface area contributed by atoms with Gasteiger partial charge in [-0.05, 0) is 81.0 Å². The number of allylic oxidation sites excluding steroid dienone is 10. The maximum Gasteiger partial charge on any atom is 0.186 e. The number of carbonyl (C=O) groups excluding carboxylic acids is 2. The number of Topliss-reactive ketones (excluding diaryl/α,β-unsaturated/α-hetero) is 2. The molecule has 61 heavy (non-hydrogen) atoms. The van der Waals surface area contributed by atoms with E-state index in [4.69, 9.17) is 20.5 Å². The summed E-state index contributed by atoms with van der Waals surface area (Å²) in [4.78, 5) is 30.0. The second-order valence-electron chi connectivity index (χ2n) is 20.1. The van der Waals surface area contributed by atoms with Crippen LogP contribution in [-0.2, 0) is 9.59 Å². The highest BCUT2D eigenvalue weighted by molar-refractivity contribution is 7.14. The van der Waals surface area contributed by atoms with Crippen molar-refractivity contribution in [1.29, 1.82) is 0 Å². The molecular weight excluding hydrogens is 769 g/mol. The number of fused-ring (bicyclic) bond motifs is 2. The molecule has 310 valence electrons. The summed E-state index contributed by atoms with van der Waals surface area (Å²) in [7, 11) is 0. The summed E-state index contributed by atoms with van der Waals surface area (Å²) in [5.74, 6) is 0.105. The highest BCUT2D eigenvalue weighted by Crippen LogP contribution is 2.45. The van der Waals surface area contributed by atoms with Gasteiger partial charge in [0.15, 0.2) is 11.6 Å². The first-order valence-electron chi connectivity index (χ1n) is 21.0. The van der Waals surface area contributed by atoms with Gasteiger partial charge in [-0.1, -0.05) is 156 Å². The molecule has 1 aromatic heterocycles. The van der Waals surface area contributed by atoms with Crippen LogP contribution >= 0.6 is 11.3 Å². The standard InChI is InChI=1S/C54H56N4O2S/c1-51(2,3)39-29-35(30-40(49(39)59)52(4,5)6)47(57-55-43-25-17-21-33-19-13-15-23-37(33)43)45-27-28-46(61-45)48(58-56-44-26-18-22-34-20-14-16-24-38(34)44)36-31-41(53(7,8)9)50(60)42(32-36)54(10,11)12/h13-32H,1-12H3/b57-55+,58-56+. The predicted molar refractivity (Wildman–Crippen MR) is 255 cm³/mol. The van der Waals surface area contributed by atoms with Crippen LogP contribution in [0, 0.1) is 21.7 Å². The number of nitrogens with zero attached hydrogens (tertiary/aromatic N) is 4. The van der Waals surface area contributed by atoms with Gasteiger partial charge >= 0.3 is 0 Å². The molecule has 2 aliphatic rings. The molecular formula is C54H56N4O2S. The summed E-state index contributed by atoms with van der Waals surface area (Å²) in [6.45, 7) is 24.9. The minimum absolute atomic E-state index is 0.0524. The number of hydrogen-bond donors (Lipinski definition) is 0. The molecule has 0 radical (unpaired) electrons. The normalized spacial score (nSPS) is 15.8. The van der Waals surface area contributed by atoms with E-state index in [0.717, 1.165) is 76.1 Å². The Balaban J connectivity index is 1.51. The van der Waals surface area contributed by atoms with E-state index in [0.29, 0.717) is 11.4 Å². The fourth-order valence-corrected chi connectivity index (χ4v) is 8.67. The molecule has 2 aliphatic carbocycles. The van der Waals surface area contributed by atoms with E-state index >= 15 is 0 Å². The SMILES string of the molecule is CC(C)(C)C1=CC(=C(/N=N/c2cccc3ccccc23)c2ccc(C(/N=N/c3cccc4ccccc34)=C3C=C(C(C)(C)C)C(=O)C(C(C)(C)C)=C3)s2)C=C(C(C)(C)C)C1=O. The highest BCUT2D eigenvalue weighted by atomic mass is 32.1. The van der Waals surface area contributed by atoms with Crippen molar-refractivity contribution in [2.45, 2.75) is 83.1 Å². The zero-order valence-electron chi connectivity index (χ0n) is 37.6. The fourth-order valence-electron chi connectivity index (χ4n) is 7.65. The van der Waals surface area contributed by atoms with Gasteiger partial charge in [-0.25, -0.2) is 0 Å². The Labute approximate surface area is 365 Å². The molecule has 0 amide bonds. The van der Waals surface area contributed by atoms with Crippen molar-refractivity contribution in [3.63, 3.8) is 0 Å². The lowest BCUT2D eigenvalue weighted by Gasteiger charge is -2.31. The molecule has 7 heteroatoms. The van der Waals surface area contributed by atoms with Gasteiger partial charge in [0.2, 0.25) is 0 Å². The maximum absolute atomic E-state index is 14.1. The van der Waals surface area contributed by atoms with Crippen molar-refractivity contribution in [1.82, 2.24) is 0 Å². The third kappa shape index (κ3) is 9.08. The van der Waals surface area contributed by atoms with Gasteiger partial charge in [0.1, 0.15) is 11.4 Å². The molecule has 0 fully saturated rings. The molecule has 0 saturated carbocycles. The largest absolute Gasteiger partial charge is 0.289 e. The number of azo groups is 2. The molecule has 4 aromatic carbocycles. The Bertz CT molecular complexity index is 2580. The minimum Gasteiger partial charge on any atom is -0.289 e. The van der Waals surface area contributed by atoms with Crippen LogP contribution in [0.2, 0.25) is 0 Å². The molecule has 0 spiro atoms. The van der Waals surface area contributed by atoms with Crippen LogP contribution in [0.5, 0.6) is 0 Å². The number of hydrogen-bond acceptors (Lipinski definition) is 7. The zero-order valence-corrected chi connectivity index (χ0v) is 38.4. The first-order valence-corrected chi connectivity index (χ1v) is 21.8. The van der Waals surface area contributed by atoms with Crippen molar-refractivity contribution in [2.24, 2.45) is 42.1 Å². The predicted octanol–water partition coefficient (Wildman–Crippen LogP) is 16.1. The van der Waals surface area contributed by atoms with E-state index in [2.05, 4.69) is 132 Å². The van der Waals surface area contributed by atoms with E-state index in [-0.39, 0.29) is 11.6 Å². The third-order valence-corrected chi connectivity index (χ3v) is 12.2. The molecule has 0 saturated heterocycles. The van der Waals surface area contributed by atoms with E-state index in [1.165, 1.54) is 0 Å². The third-order valence-electron chi connectivity index (χ3n) is 11.1. The van der Waals surface area contributed by atoms with Crippen molar-refractivity contribution in [2.75, 3.05) is 0 Å². The van der Waals surface area contributed by atoms with Gasteiger partial charge in [-0.3, -0.25) is 9.59 Å². The van der Waals surface area contributed by atoms with Crippen molar-refractivity contribution < 1.29 is 9.59 Å². The van der Waals surface area contributed by atoms with E-state index in [1.807, 2.05) is 72.8 Å². The van der Waals surface area contributed by atoms with Gasteiger partial charge in [0, 0.05) is 44.2 Å². The second-order valence-corrected chi connectivity index (χ2v) is 21.1. The van der Waals surface area contributed by atoms with E-state index in [9.17, 15) is 9.59 Å². The first-order chi connectivity index (χ1) is 28.6. The number of benzene rings is 4. The average molecular weight is 825 g/mol. The Morgan fingerprint density at radius 3 is 1.05 bits per heavy atom. The molecule has 1 heterocycles. The highest BCUT2D eigenvalue weighted by Gasteiger charge is 2.36. The van der Waals surface area contributed by atoms with Crippen LogP contribution in [0.1, 0.15) is 92.8 Å². The smallest absolute Gasteiger partial charge is 0.186 e. The number of ketones is 2. The van der Waals surface area contributed by atoms with Crippen LogP contribution in [0.4, 0.5) is 11.4 Å². The summed E-state index contributed by atoms with van der Waals surface area (Å²) >= 11 is 1.54. The summed E-state index contributed by atoms with van der Waals surface area (Å²) in [6.07, 6.45) is 7.99. The minimum atomic E-state index is -0.419. The number of carbonyl (C=O) groups is 2. The van der Waals surface area contributed by atoms with E-state index in [1.54, 1.807) is 11.3 Å². The Hall–Kier alpha value is -5.92. The lowest BCUT2D eigenvalue weighted by atomic mass is 9.71. The summed E-state index contributed by atoms with van der Waals surface area (Å²) < 4.78 is 0. The van der Waals surface area contributed by atoms with Crippen molar-refractivity contribution in [3.8, 4) is 0 Å². The van der Waals surface area contributed by atoms with Crippen molar-refractivity contribution in [3.05, 3.63) is 165 Å². The zero-order chi connectivity index (χ0) is 44.1. The average Bonchev–Trinajstić information content (AvgIpc) is 3.66. The number of rotatable bonds is 6. The Kier molecular flexibility index (Phi) is 11.4. The van der Waals surface area contributed by atoms with Gasteiger partial charge in [-0.15, -0.1) is 31.8 Å². The molecule has 7 rings (SSSR count). The van der Waals surface area contributed by atoms with Gasteiger partial charge in [-0.2, -0.15) is 0 Å². The van der Waals surface area contributed by atoms with E-state index < -0.39 is 21.7 Å². The maximum atomic E-state index is 14.1. The molecule has 0 unspecified atom stereocenters. The summed E-state index contributed by atoms with van der Waals surface area (Å²) in [5.41, 5.74) is 5.63. The van der Waals surface area contributed by atoms with Crippen LogP contribution in [0.25, 0.3) is 32.9 Å². The van der Waals surface area contributed by atoms with Gasteiger partial charge in [0.05, 0.1) is 21.1 Å². The summed E-state index contributed by atoms with van der Waals surface area (Å²) in [5, 5.41) is 24.2. The van der Waals surface area contributed by atoms with Crippen LogP contribution in [-0.4, -0.2) is 11.6 Å². The summed E-state index contributed by atoms with van der Waals surface area (Å²) in [6, 6.07) is 32.5. The van der Waals surface area contributed by atoms with Gasteiger partial charge in [0.25, 0.3) is 0 Å². The number of thiophene rings is 1. The Morgan fingerprint density at radius 1 is 0.410 bits per heavy atom. The molecule has 0 atom stereocenters. The van der Waals surface area contributed by atoms with Crippen LogP contribution < -0.4 is 0 Å². The Morgan fingerprint density at radius 2 is 0.721 bits per heavy atom. The topological polar surface area (TPSA) is 83.6 Å². The molecule has 5 aromatic rings. The first kappa shape index (κ1) is 43.2.